The Morgan fingerprint density at radius 1 is 0.973 bits per heavy atom. The van der Waals surface area contributed by atoms with E-state index in [-0.39, 0.29) is 23.7 Å². The molecule has 1 saturated carbocycles. The second-order valence-electron chi connectivity index (χ2n) is 11.3. The van der Waals surface area contributed by atoms with Gasteiger partial charge in [-0.15, -0.1) is 0 Å². The van der Waals surface area contributed by atoms with E-state index in [0.29, 0.717) is 57.7 Å². The number of carboxylic acids is 1. The van der Waals surface area contributed by atoms with Crippen molar-refractivity contribution in [2.24, 2.45) is 17.8 Å². The monoisotopic (exact) mass is 515 g/mol. The topological polar surface area (TPSA) is 125 Å². The molecular weight excluding hydrogens is 474 g/mol. The third kappa shape index (κ3) is 9.05. The van der Waals surface area contributed by atoms with Gasteiger partial charge in [-0.1, -0.05) is 30.3 Å². The fourth-order valence-corrected chi connectivity index (χ4v) is 5.08. The number of piperidine rings is 1. The summed E-state index contributed by atoms with van der Waals surface area (Å²) in [7, 11) is 0. The number of likely N-dealkylation sites (tertiary alicyclic amines) is 1. The molecule has 9 nitrogen and oxygen atoms in total. The predicted octanol–water partition coefficient (Wildman–Crippen LogP) is 3.37. The van der Waals surface area contributed by atoms with Crippen molar-refractivity contribution in [2.75, 3.05) is 19.6 Å². The maximum Gasteiger partial charge on any atom is 0.408 e. The summed E-state index contributed by atoms with van der Waals surface area (Å²) in [5.41, 5.74) is 0.259. The van der Waals surface area contributed by atoms with Gasteiger partial charge in [0, 0.05) is 32.0 Å². The molecule has 1 saturated heterocycles. The molecule has 2 aliphatic rings. The highest BCUT2D eigenvalue weighted by Crippen LogP contribution is 2.28. The van der Waals surface area contributed by atoms with E-state index in [1.807, 2.05) is 30.3 Å². The molecular formula is C28H41N3O6. The Morgan fingerprint density at radius 3 is 2.16 bits per heavy atom. The third-order valence-corrected chi connectivity index (χ3v) is 7.21. The van der Waals surface area contributed by atoms with Crippen LogP contribution in [0.5, 0.6) is 0 Å². The fraction of sp³-hybridized carbons (Fsp3) is 0.643. The molecule has 0 spiro atoms. The van der Waals surface area contributed by atoms with Crippen molar-refractivity contribution in [2.45, 2.75) is 77.4 Å². The molecule has 0 unspecified atom stereocenters. The Kier molecular flexibility index (Phi) is 9.94. The Bertz CT molecular complexity index is 929. The molecule has 0 bridgehead atoms. The highest BCUT2D eigenvalue weighted by atomic mass is 16.6. The standard InChI is InChI=1S/C28H41N3O6/c1-28(2,3)37-27(36)30-23(17-19-7-5-4-6-8-19)25(33)31-15-13-21(14-16-31)24(32)29-18-20-9-11-22(12-10-20)26(34)35/h4-8,20-23H,9-18H2,1-3H3,(H,29,32)(H,30,36)(H,34,35)/t20?,22?,23-/m0/s1. The summed E-state index contributed by atoms with van der Waals surface area (Å²) in [5.74, 6) is -1.01. The number of nitrogens with one attached hydrogen (secondary N) is 2. The normalized spacial score (nSPS) is 21.5. The number of amides is 3. The van der Waals surface area contributed by atoms with Gasteiger partial charge in [-0.2, -0.15) is 0 Å². The lowest BCUT2D eigenvalue weighted by Crippen LogP contribution is -2.53. The summed E-state index contributed by atoms with van der Waals surface area (Å²) in [5, 5.41) is 14.9. The van der Waals surface area contributed by atoms with Crippen molar-refractivity contribution in [1.82, 2.24) is 15.5 Å². The van der Waals surface area contributed by atoms with Crippen molar-refractivity contribution < 1.29 is 29.0 Å². The van der Waals surface area contributed by atoms with Gasteiger partial charge in [-0.05, 0) is 70.8 Å². The number of carbonyl (C=O) groups excluding carboxylic acids is 3. The average molecular weight is 516 g/mol. The molecule has 1 aromatic rings. The molecule has 0 aromatic heterocycles. The minimum absolute atomic E-state index is 0.000160. The number of nitrogens with zero attached hydrogens (tertiary/aromatic N) is 1. The lowest BCUT2D eigenvalue weighted by Gasteiger charge is -2.34. The van der Waals surface area contributed by atoms with Gasteiger partial charge < -0.3 is 25.4 Å². The number of alkyl carbamates (subject to hydrolysis) is 1. The van der Waals surface area contributed by atoms with Gasteiger partial charge in [0.25, 0.3) is 0 Å². The van der Waals surface area contributed by atoms with E-state index in [4.69, 9.17) is 9.84 Å². The molecule has 9 heteroatoms. The average Bonchev–Trinajstić information content (AvgIpc) is 2.86. The molecule has 3 amide bonds. The first kappa shape index (κ1) is 28.5. The third-order valence-electron chi connectivity index (χ3n) is 7.21. The molecule has 1 aliphatic carbocycles. The molecule has 37 heavy (non-hydrogen) atoms. The maximum atomic E-state index is 13.4. The van der Waals surface area contributed by atoms with Crippen LogP contribution in [0.3, 0.4) is 0 Å². The van der Waals surface area contributed by atoms with Crippen LogP contribution in [0, 0.1) is 17.8 Å². The van der Waals surface area contributed by atoms with Crippen LogP contribution in [-0.2, 0) is 25.5 Å². The molecule has 3 rings (SSSR count). The maximum absolute atomic E-state index is 13.4. The van der Waals surface area contributed by atoms with Crippen molar-refractivity contribution in [1.29, 1.82) is 0 Å². The number of benzene rings is 1. The molecule has 3 N–H and O–H groups in total. The molecule has 2 fully saturated rings. The summed E-state index contributed by atoms with van der Waals surface area (Å²) in [6.45, 7) is 6.79. The Hall–Kier alpha value is -3.10. The first-order valence-electron chi connectivity index (χ1n) is 13.3. The minimum Gasteiger partial charge on any atom is -0.481 e. The van der Waals surface area contributed by atoms with Gasteiger partial charge in [0.05, 0.1) is 5.92 Å². The lowest BCUT2D eigenvalue weighted by molar-refractivity contribution is -0.143. The van der Waals surface area contributed by atoms with E-state index in [1.165, 1.54) is 0 Å². The quantitative estimate of drug-likeness (QED) is 0.488. The number of hydrogen-bond donors (Lipinski definition) is 3. The largest absolute Gasteiger partial charge is 0.481 e. The Morgan fingerprint density at radius 2 is 1.59 bits per heavy atom. The smallest absolute Gasteiger partial charge is 0.408 e. The zero-order valence-electron chi connectivity index (χ0n) is 22.2. The van der Waals surface area contributed by atoms with Gasteiger partial charge in [0.15, 0.2) is 0 Å². The molecule has 1 atom stereocenters. The fourth-order valence-electron chi connectivity index (χ4n) is 5.08. The number of ether oxygens (including phenoxy) is 1. The van der Waals surface area contributed by atoms with E-state index in [9.17, 15) is 19.2 Å². The SMILES string of the molecule is CC(C)(C)OC(=O)N[C@@H](Cc1ccccc1)C(=O)N1CCC(C(=O)NCC2CCC(C(=O)O)CC2)CC1. The number of carboxylic acid groups (broad SMARTS) is 1. The van der Waals surface area contributed by atoms with Gasteiger partial charge in [-0.3, -0.25) is 14.4 Å². The van der Waals surface area contributed by atoms with Crippen LogP contribution in [0.2, 0.25) is 0 Å². The predicted molar refractivity (Wildman–Crippen MR) is 139 cm³/mol. The van der Waals surface area contributed by atoms with Crippen LogP contribution >= 0.6 is 0 Å². The van der Waals surface area contributed by atoms with Crippen molar-refractivity contribution in [3.05, 3.63) is 35.9 Å². The van der Waals surface area contributed by atoms with Crippen LogP contribution in [0.1, 0.15) is 64.9 Å². The summed E-state index contributed by atoms with van der Waals surface area (Å²) in [6, 6.07) is 8.77. The summed E-state index contributed by atoms with van der Waals surface area (Å²) >= 11 is 0. The number of hydrogen-bond acceptors (Lipinski definition) is 5. The summed E-state index contributed by atoms with van der Waals surface area (Å²) in [6.07, 6.45) is 3.81. The van der Waals surface area contributed by atoms with E-state index in [2.05, 4.69) is 10.6 Å². The Balaban J connectivity index is 1.50. The van der Waals surface area contributed by atoms with Crippen molar-refractivity contribution >= 4 is 23.9 Å². The van der Waals surface area contributed by atoms with Crippen LogP contribution in [0.25, 0.3) is 0 Å². The number of carbonyl (C=O) groups is 4. The van der Waals surface area contributed by atoms with Crippen LogP contribution < -0.4 is 10.6 Å². The first-order valence-corrected chi connectivity index (χ1v) is 13.3. The Labute approximate surface area is 219 Å². The highest BCUT2D eigenvalue weighted by molar-refractivity contribution is 5.86. The van der Waals surface area contributed by atoms with Crippen molar-refractivity contribution in [3.63, 3.8) is 0 Å². The van der Waals surface area contributed by atoms with E-state index in [0.717, 1.165) is 18.4 Å². The molecule has 1 aliphatic heterocycles. The number of aliphatic carboxylic acids is 1. The van der Waals surface area contributed by atoms with Gasteiger partial charge in [0.2, 0.25) is 11.8 Å². The number of rotatable bonds is 8. The van der Waals surface area contributed by atoms with Crippen LogP contribution in [-0.4, -0.2) is 65.2 Å². The molecule has 204 valence electrons. The molecule has 1 aromatic carbocycles. The van der Waals surface area contributed by atoms with Gasteiger partial charge in [-0.25, -0.2) is 4.79 Å². The van der Waals surface area contributed by atoms with Gasteiger partial charge >= 0.3 is 12.1 Å². The lowest BCUT2D eigenvalue weighted by atomic mass is 9.82. The van der Waals surface area contributed by atoms with Gasteiger partial charge in [0.1, 0.15) is 11.6 Å². The zero-order valence-corrected chi connectivity index (χ0v) is 22.2. The summed E-state index contributed by atoms with van der Waals surface area (Å²) < 4.78 is 5.38. The second kappa shape index (κ2) is 12.9. The zero-order chi connectivity index (χ0) is 27.0. The van der Waals surface area contributed by atoms with E-state index in [1.54, 1.807) is 25.7 Å². The molecule has 1 heterocycles. The van der Waals surface area contributed by atoms with E-state index >= 15 is 0 Å². The van der Waals surface area contributed by atoms with Crippen LogP contribution in [0.4, 0.5) is 4.79 Å². The highest BCUT2D eigenvalue weighted by Gasteiger charge is 2.33. The molecule has 0 radical (unpaired) electrons. The van der Waals surface area contributed by atoms with Crippen LogP contribution in [0.15, 0.2) is 30.3 Å². The van der Waals surface area contributed by atoms with Crippen molar-refractivity contribution in [3.8, 4) is 0 Å². The first-order chi connectivity index (χ1) is 17.5. The summed E-state index contributed by atoms with van der Waals surface area (Å²) in [4.78, 5) is 51.5. The van der Waals surface area contributed by atoms with E-state index < -0.39 is 23.7 Å². The minimum atomic E-state index is -0.761. The second-order valence-corrected chi connectivity index (χ2v) is 11.3.